The molecule has 10 nitrogen and oxygen atoms in total. The van der Waals surface area contributed by atoms with Gasteiger partial charge in [0, 0.05) is 25.1 Å². The highest BCUT2D eigenvalue weighted by Gasteiger charge is 2.35. The molecule has 0 saturated heterocycles. The number of hydrogen-bond acceptors (Lipinski definition) is 9. The van der Waals surface area contributed by atoms with Gasteiger partial charge in [-0.3, -0.25) is 9.29 Å². The van der Waals surface area contributed by atoms with E-state index >= 15 is 0 Å². The molecule has 0 bridgehead atoms. The number of sulfonamides is 1. The third-order valence-corrected chi connectivity index (χ3v) is 6.25. The first-order chi connectivity index (χ1) is 16.3. The number of benzene rings is 1. The van der Waals surface area contributed by atoms with Crippen LogP contribution in [-0.4, -0.2) is 41.8 Å². The number of halogens is 3. The lowest BCUT2D eigenvalue weighted by atomic mass is 10.1. The molecule has 0 amide bonds. The van der Waals surface area contributed by atoms with Crippen molar-refractivity contribution in [2.45, 2.75) is 25.9 Å². The standard InChI is InChI=1S/C21H24F3N7O3S/c1-12-9-13(18(25)32)6-7-15(12)29-20-28-10-14(21(22,23)24)19(30-20)27-11-16-17(5-4-8-26-16)31(2)35(3,33)34/h4-10,18,32H,11,25H2,1-3H3,(H2,27,28,29,30). The first kappa shape index (κ1) is 26.1. The molecule has 1 unspecified atom stereocenters. The molecule has 188 valence electrons. The fourth-order valence-corrected chi connectivity index (χ4v) is 3.64. The van der Waals surface area contributed by atoms with Gasteiger partial charge in [0.1, 0.15) is 17.6 Å². The van der Waals surface area contributed by atoms with E-state index < -0.39 is 33.8 Å². The molecule has 14 heteroatoms. The highest BCUT2D eigenvalue weighted by atomic mass is 32.2. The lowest BCUT2D eigenvalue weighted by Gasteiger charge is -2.20. The van der Waals surface area contributed by atoms with Gasteiger partial charge in [-0.15, -0.1) is 0 Å². The van der Waals surface area contributed by atoms with E-state index in [9.17, 15) is 26.7 Å². The lowest BCUT2D eigenvalue weighted by molar-refractivity contribution is -0.137. The maximum Gasteiger partial charge on any atom is 0.421 e. The number of aromatic nitrogens is 3. The molecule has 0 aliphatic heterocycles. The average Bonchev–Trinajstić information content (AvgIpc) is 2.77. The molecule has 0 radical (unpaired) electrons. The first-order valence-electron chi connectivity index (χ1n) is 10.1. The molecule has 3 rings (SSSR count). The molecule has 2 aromatic heterocycles. The number of nitrogens with one attached hydrogen (secondary N) is 2. The summed E-state index contributed by atoms with van der Waals surface area (Å²) in [7, 11) is -2.30. The number of pyridine rings is 1. The molecular formula is C21H24F3N7O3S. The molecule has 0 spiro atoms. The minimum Gasteiger partial charge on any atom is -0.375 e. The zero-order valence-electron chi connectivity index (χ0n) is 19.0. The zero-order valence-corrected chi connectivity index (χ0v) is 19.8. The Labute approximate surface area is 200 Å². The Kier molecular flexibility index (Phi) is 7.47. The van der Waals surface area contributed by atoms with E-state index in [4.69, 9.17) is 5.73 Å². The molecule has 3 aromatic rings. The van der Waals surface area contributed by atoms with Crippen LogP contribution in [0.15, 0.2) is 42.7 Å². The topological polar surface area (TPSA) is 146 Å². The summed E-state index contributed by atoms with van der Waals surface area (Å²) in [5.74, 6) is -0.626. The number of aliphatic hydroxyl groups is 1. The van der Waals surface area contributed by atoms with E-state index in [2.05, 4.69) is 25.6 Å². The molecule has 0 saturated carbocycles. The van der Waals surface area contributed by atoms with Gasteiger partial charge in [-0.25, -0.2) is 13.4 Å². The smallest absolute Gasteiger partial charge is 0.375 e. The van der Waals surface area contributed by atoms with Crippen LogP contribution in [0.2, 0.25) is 0 Å². The fraction of sp³-hybridized carbons (Fsp3) is 0.286. The Morgan fingerprint density at radius 2 is 1.94 bits per heavy atom. The number of nitrogens with two attached hydrogens (primary N) is 1. The van der Waals surface area contributed by atoms with Crippen LogP contribution < -0.4 is 20.7 Å². The monoisotopic (exact) mass is 511 g/mol. The quantitative estimate of drug-likeness (QED) is 0.335. The first-order valence-corrected chi connectivity index (χ1v) is 12.0. The minimum absolute atomic E-state index is 0.112. The number of nitrogens with zero attached hydrogens (tertiary/aromatic N) is 4. The average molecular weight is 512 g/mol. The van der Waals surface area contributed by atoms with Gasteiger partial charge in [0.15, 0.2) is 0 Å². The van der Waals surface area contributed by atoms with Gasteiger partial charge in [0.2, 0.25) is 16.0 Å². The predicted molar refractivity (Wildman–Crippen MR) is 125 cm³/mol. The van der Waals surface area contributed by atoms with Crippen LogP contribution in [0, 0.1) is 6.92 Å². The largest absolute Gasteiger partial charge is 0.421 e. The Bertz CT molecular complexity index is 1320. The van der Waals surface area contributed by atoms with Crippen molar-refractivity contribution < 1.29 is 26.7 Å². The molecule has 0 aliphatic rings. The van der Waals surface area contributed by atoms with Gasteiger partial charge in [-0.1, -0.05) is 12.1 Å². The minimum atomic E-state index is -4.74. The number of alkyl halides is 3. The summed E-state index contributed by atoms with van der Waals surface area (Å²) in [6, 6.07) is 7.79. The number of anilines is 4. The van der Waals surface area contributed by atoms with Crippen LogP contribution in [-0.2, 0) is 22.7 Å². The van der Waals surface area contributed by atoms with E-state index in [0.29, 0.717) is 23.0 Å². The molecule has 0 fully saturated rings. The van der Waals surface area contributed by atoms with Gasteiger partial charge >= 0.3 is 6.18 Å². The van der Waals surface area contributed by atoms with Crippen LogP contribution >= 0.6 is 0 Å². The van der Waals surface area contributed by atoms with Crippen molar-refractivity contribution in [2.24, 2.45) is 5.73 Å². The Hall–Kier alpha value is -3.49. The zero-order chi connectivity index (χ0) is 26.0. The van der Waals surface area contributed by atoms with E-state index in [0.717, 1.165) is 10.6 Å². The molecule has 1 aromatic carbocycles. The summed E-state index contributed by atoms with van der Waals surface area (Å²) < 4.78 is 65.6. The van der Waals surface area contributed by atoms with Gasteiger partial charge in [-0.2, -0.15) is 18.2 Å². The van der Waals surface area contributed by atoms with Gasteiger partial charge in [-0.05, 0) is 36.2 Å². The van der Waals surface area contributed by atoms with Gasteiger partial charge in [0.05, 0.1) is 24.2 Å². The molecule has 1 atom stereocenters. The second-order valence-corrected chi connectivity index (χ2v) is 9.66. The second kappa shape index (κ2) is 10.0. The van der Waals surface area contributed by atoms with Crippen molar-refractivity contribution in [3.8, 4) is 0 Å². The van der Waals surface area contributed by atoms with Crippen molar-refractivity contribution in [3.05, 3.63) is 65.1 Å². The number of rotatable bonds is 8. The normalized spacial score (nSPS) is 12.8. The molecule has 35 heavy (non-hydrogen) atoms. The van der Waals surface area contributed by atoms with Crippen LogP contribution in [0.25, 0.3) is 0 Å². The highest BCUT2D eigenvalue weighted by molar-refractivity contribution is 7.92. The summed E-state index contributed by atoms with van der Waals surface area (Å²) in [6.45, 7) is 1.48. The number of aryl methyl sites for hydroxylation is 1. The van der Waals surface area contributed by atoms with Gasteiger partial charge in [0.25, 0.3) is 0 Å². The number of hydrogen-bond donors (Lipinski definition) is 4. The number of aliphatic hydroxyl groups excluding tert-OH is 1. The molecule has 2 heterocycles. The van der Waals surface area contributed by atoms with Crippen LogP contribution in [0.1, 0.15) is 28.6 Å². The summed E-state index contributed by atoms with van der Waals surface area (Å²) in [5, 5.41) is 15.0. The van der Waals surface area contributed by atoms with Crippen LogP contribution in [0.4, 0.5) is 36.3 Å². The Morgan fingerprint density at radius 3 is 2.54 bits per heavy atom. The van der Waals surface area contributed by atoms with E-state index in [1.54, 1.807) is 25.1 Å². The molecule has 0 aliphatic carbocycles. The molecular weight excluding hydrogens is 487 g/mol. The van der Waals surface area contributed by atoms with Crippen molar-refractivity contribution in [1.82, 2.24) is 15.0 Å². The van der Waals surface area contributed by atoms with Crippen molar-refractivity contribution >= 4 is 33.2 Å². The second-order valence-electron chi connectivity index (χ2n) is 7.65. The maximum atomic E-state index is 13.6. The van der Waals surface area contributed by atoms with Crippen molar-refractivity contribution in [3.63, 3.8) is 0 Å². The highest BCUT2D eigenvalue weighted by Crippen LogP contribution is 2.35. The summed E-state index contributed by atoms with van der Waals surface area (Å²) in [4.78, 5) is 11.9. The van der Waals surface area contributed by atoms with Gasteiger partial charge < -0.3 is 21.5 Å². The maximum absolute atomic E-state index is 13.6. The van der Waals surface area contributed by atoms with E-state index in [-0.39, 0.29) is 23.9 Å². The van der Waals surface area contributed by atoms with E-state index in [1.807, 2.05) is 0 Å². The van der Waals surface area contributed by atoms with E-state index in [1.165, 1.54) is 25.4 Å². The predicted octanol–water partition coefficient (Wildman–Crippen LogP) is 2.90. The fourth-order valence-electron chi connectivity index (χ4n) is 3.11. The summed E-state index contributed by atoms with van der Waals surface area (Å²) in [5.41, 5.74) is 6.39. The Balaban J connectivity index is 1.92. The lowest BCUT2D eigenvalue weighted by Crippen LogP contribution is -2.26. The summed E-state index contributed by atoms with van der Waals surface area (Å²) >= 11 is 0. The Morgan fingerprint density at radius 1 is 1.23 bits per heavy atom. The van der Waals surface area contributed by atoms with Crippen LogP contribution in [0.3, 0.4) is 0 Å². The summed E-state index contributed by atoms with van der Waals surface area (Å²) in [6.07, 6.45) is -2.86. The molecule has 5 N–H and O–H groups in total. The third kappa shape index (κ3) is 6.35. The van der Waals surface area contributed by atoms with Crippen molar-refractivity contribution in [2.75, 3.05) is 28.2 Å². The van der Waals surface area contributed by atoms with Crippen LogP contribution in [0.5, 0.6) is 0 Å². The SMILES string of the molecule is Cc1cc(C(N)O)ccc1Nc1ncc(C(F)(F)F)c(NCc2ncccc2N(C)S(C)(=O)=O)n1. The third-order valence-electron chi connectivity index (χ3n) is 5.06. The van der Waals surface area contributed by atoms with Crippen molar-refractivity contribution in [1.29, 1.82) is 0 Å².